The Morgan fingerprint density at radius 3 is 2.54 bits per heavy atom. The molecule has 2 aliphatic rings. The monoisotopic (exact) mass is 513 g/mol. The lowest BCUT2D eigenvalue weighted by molar-refractivity contribution is -0.196. The van der Waals surface area contributed by atoms with Gasteiger partial charge in [-0.3, -0.25) is 5.32 Å². The minimum atomic E-state index is -4.64. The number of rotatable bonds is 6. The van der Waals surface area contributed by atoms with Gasteiger partial charge in [-0.2, -0.15) is 18.4 Å². The SMILES string of the molecule is C[C@@H](OC(=O)Nc1ccc(-c2c(C#N)c3ccc(O[C@@H]4CCOC4)cc3n2C2CCC2)cc1)C(F)(F)F. The van der Waals surface area contributed by atoms with Crippen LogP contribution in [0.15, 0.2) is 42.5 Å². The van der Waals surface area contributed by atoms with E-state index in [0.717, 1.165) is 60.5 Å². The second kappa shape index (κ2) is 9.98. The second-order valence-corrected chi connectivity index (χ2v) is 9.36. The number of fused-ring (bicyclic) bond motifs is 1. The van der Waals surface area contributed by atoms with Crippen molar-refractivity contribution in [1.82, 2.24) is 4.57 Å². The molecule has 37 heavy (non-hydrogen) atoms. The number of nitrogens with one attached hydrogen (secondary N) is 1. The molecule has 2 heterocycles. The van der Waals surface area contributed by atoms with Crippen LogP contribution in [-0.2, 0) is 9.47 Å². The highest BCUT2D eigenvalue weighted by atomic mass is 19.4. The summed E-state index contributed by atoms with van der Waals surface area (Å²) in [4.78, 5) is 11.9. The molecule has 2 aromatic carbocycles. The first kappa shape index (κ1) is 25.0. The van der Waals surface area contributed by atoms with E-state index in [9.17, 15) is 23.2 Å². The van der Waals surface area contributed by atoms with Crippen molar-refractivity contribution in [1.29, 1.82) is 5.26 Å². The summed E-state index contributed by atoms with van der Waals surface area (Å²) in [6.07, 6.45) is -4.14. The van der Waals surface area contributed by atoms with E-state index in [1.54, 1.807) is 24.3 Å². The van der Waals surface area contributed by atoms with Crippen molar-refractivity contribution in [2.75, 3.05) is 18.5 Å². The van der Waals surface area contributed by atoms with Crippen molar-refractivity contribution in [2.45, 2.75) is 57.0 Å². The number of carbonyl (C=O) groups is 1. The maximum atomic E-state index is 12.7. The highest BCUT2D eigenvalue weighted by Gasteiger charge is 2.39. The van der Waals surface area contributed by atoms with Crippen molar-refractivity contribution in [2.24, 2.45) is 0 Å². The van der Waals surface area contributed by atoms with Gasteiger partial charge >= 0.3 is 12.3 Å². The van der Waals surface area contributed by atoms with Crippen LogP contribution in [0.25, 0.3) is 22.2 Å². The molecule has 1 aliphatic carbocycles. The Kier molecular flexibility index (Phi) is 6.73. The first-order valence-corrected chi connectivity index (χ1v) is 12.2. The predicted octanol–water partition coefficient (Wildman–Crippen LogP) is 6.57. The van der Waals surface area contributed by atoms with Crippen LogP contribution in [0, 0.1) is 11.3 Å². The summed E-state index contributed by atoms with van der Waals surface area (Å²) in [5.74, 6) is 0.725. The number of halogens is 3. The Balaban J connectivity index is 1.46. The molecule has 2 atom stereocenters. The smallest absolute Gasteiger partial charge is 0.425 e. The van der Waals surface area contributed by atoms with Crippen LogP contribution in [0.1, 0.15) is 44.2 Å². The Bertz CT molecular complexity index is 1330. The number of carbonyl (C=O) groups excluding carboxylic acids is 1. The van der Waals surface area contributed by atoms with E-state index in [2.05, 4.69) is 20.7 Å². The van der Waals surface area contributed by atoms with E-state index in [4.69, 9.17) is 9.47 Å². The third-order valence-corrected chi connectivity index (χ3v) is 6.87. The van der Waals surface area contributed by atoms with Gasteiger partial charge in [-0.1, -0.05) is 12.1 Å². The Morgan fingerprint density at radius 1 is 1.19 bits per heavy atom. The van der Waals surface area contributed by atoms with Crippen LogP contribution in [0.2, 0.25) is 0 Å². The fourth-order valence-electron chi connectivity index (χ4n) is 4.67. The van der Waals surface area contributed by atoms with Crippen LogP contribution in [0.4, 0.5) is 23.7 Å². The molecule has 194 valence electrons. The van der Waals surface area contributed by atoms with Crippen LogP contribution in [0.3, 0.4) is 0 Å². The van der Waals surface area contributed by atoms with Gasteiger partial charge in [-0.05, 0) is 56.0 Å². The zero-order chi connectivity index (χ0) is 26.2. The van der Waals surface area contributed by atoms with E-state index in [0.29, 0.717) is 18.8 Å². The quantitative estimate of drug-likeness (QED) is 0.403. The third kappa shape index (κ3) is 5.09. The van der Waals surface area contributed by atoms with Crippen molar-refractivity contribution in [3.8, 4) is 23.1 Å². The zero-order valence-corrected chi connectivity index (χ0v) is 20.2. The van der Waals surface area contributed by atoms with Gasteiger partial charge in [0.25, 0.3) is 0 Å². The number of hydrogen-bond donors (Lipinski definition) is 1. The average molecular weight is 514 g/mol. The number of alkyl halides is 3. The maximum absolute atomic E-state index is 12.7. The number of anilines is 1. The lowest BCUT2D eigenvalue weighted by atomic mass is 9.92. The van der Waals surface area contributed by atoms with Crippen molar-refractivity contribution < 1.29 is 32.2 Å². The van der Waals surface area contributed by atoms with Gasteiger partial charge in [0.2, 0.25) is 0 Å². The van der Waals surface area contributed by atoms with Gasteiger partial charge in [0.05, 0.1) is 30.0 Å². The first-order chi connectivity index (χ1) is 17.7. The molecule has 0 bridgehead atoms. The molecule has 0 unspecified atom stereocenters. The van der Waals surface area contributed by atoms with E-state index in [-0.39, 0.29) is 17.8 Å². The number of nitrogens with zero attached hydrogens (tertiary/aromatic N) is 2. The predicted molar refractivity (Wildman–Crippen MR) is 130 cm³/mol. The number of amides is 1. The van der Waals surface area contributed by atoms with Crippen LogP contribution in [0.5, 0.6) is 5.75 Å². The summed E-state index contributed by atoms with van der Waals surface area (Å²) in [7, 11) is 0. The van der Waals surface area contributed by atoms with E-state index < -0.39 is 18.4 Å². The molecule has 0 radical (unpaired) electrons. The Hall–Kier alpha value is -3.71. The van der Waals surface area contributed by atoms with Gasteiger partial charge < -0.3 is 18.8 Å². The Morgan fingerprint density at radius 2 is 1.95 bits per heavy atom. The molecule has 1 aromatic heterocycles. The van der Waals surface area contributed by atoms with Crippen LogP contribution in [-0.4, -0.2) is 42.3 Å². The largest absolute Gasteiger partial charge is 0.488 e. The molecule has 1 aliphatic heterocycles. The minimum Gasteiger partial charge on any atom is -0.488 e. The number of aromatic nitrogens is 1. The molecule has 0 spiro atoms. The topological polar surface area (TPSA) is 85.5 Å². The standard InChI is InChI=1S/C27H26F3N3O4/c1-16(27(28,29)30)36-26(34)32-18-7-5-17(6-8-18)25-23(14-31)22-10-9-20(37-21-11-12-35-15-21)13-24(22)33(25)19-3-2-4-19/h5-10,13,16,19,21H,2-4,11-12,15H2,1H3,(H,32,34)/t16-,21-/m1/s1. The van der Waals surface area contributed by atoms with Gasteiger partial charge in [0.15, 0.2) is 6.10 Å². The van der Waals surface area contributed by atoms with Gasteiger partial charge in [-0.25, -0.2) is 4.79 Å². The number of ether oxygens (including phenoxy) is 3. The maximum Gasteiger partial charge on any atom is 0.425 e. The highest BCUT2D eigenvalue weighted by Crippen LogP contribution is 2.43. The van der Waals surface area contributed by atoms with Gasteiger partial charge in [-0.15, -0.1) is 0 Å². The van der Waals surface area contributed by atoms with Crippen molar-refractivity contribution >= 4 is 22.7 Å². The third-order valence-electron chi connectivity index (χ3n) is 6.87. The molecule has 1 amide bonds. The van der Waals surface area contributed by atoms with Gasteiger partial charge in [0.1, 0.15) is 17.9 Å². The Labute approximate surface area is 211 Å². The molecule has 1 saturated carbocycles. The first-order valence-electron chi connectivity index (χ1n) is 12.2. The fraction of sp³-hybridized carbons (Fsp3) is 0.407. The molecule has 3 aromatic rings. The summed E-state index contributed by atoms with van der Waals surface area (Å²) in [5.41, 5.74) is 3.26. The number of hydrogen-bond acceptors (Lipinski definition) is 5. The molecule has 1 saturated heterocycles. The molecule has 2 fully saturated rings. The van der Waals surface area contributed by atoms with E-state index in [1.807, 2.05) is 18.2 Å². The molecule has 10 heteroatoms. The average Bonchev–Trinajstić information content (AvgIpc) is 3.44. The highest BCUT2D eigenvalue weighted by molar-refractivity contribution is 5.96. The van der Waals surface area contributed by atoms with Crippen LogP contribution < -0.4 is 10.1 Å². The van der Waals surface area contributed by atoms with E-state index >= 15 is 0 Å². The number of benzene rings is 2. The summed E-state index contributed by atoms with van der Waals surface area (Å²) in [5, 5.41) is 13.3. The van der Waals surface area contributed by atoms with Crippen LogP contribution >= 0.6 is 0 Å². The number of nitriles is 1. The lowest BCUT2D eigenvalue weighted by Gasteiger charge is -2.30. The summed E-state index contributed by atoms with van der Waals surface area (Å²) in [6, 6.07) is 15.0. The lowest BCUT2D eigenvalue weighted by Crippen LogP contribution is -2.32. The second-order valence-electron chi connectivity index (χ2n) is 9.36. The molecule has 7 nitrogen and oxygen atoms in total. The van der Waals surface area contributed by atoms with Crippen molar-refractivity contribution in [3.63, 3.8) is 0 Å². The molecule has 5 rings (SSSR count). The molecular formula is C27H26F3N3O4. The summed E-state index contributed by atoms with van der Waals surface area (Å²) >= 11 is 0. The van der Waals surface area contributed by atoms with E-state index in [1.165, 1.54) is 0 Å². The zero-order valence-electron chi connectivity index (χ0n) is 20.2. The van der Waals surface area contributed by atoms with Gasteiger partial charge in [0, 0.05) is 29.6 Å². The summed E-state index contributed by atoms with van der Waals surface area (Å²) in [6.45, 7) is 2.00. The fourth-order valence-corrected chi connectivity index (χ4v) is 4.67. The minimum absolute atomic E-state index is 0.00493. The summed E-state index contributed by atoms with van der Waals surface area (Å²) < 4.78 is 56.1. The molecular weight excluding hydrogens is 487 g/mol. The molecule has 1 N–H and O–H groups in total. The normalized spacial score (nSPS) is 18.7. The van der Waals surface area contributed by atoms with Crippen molar-refractivity contribution in [3.05, 3.63) is 48.0 Å².